The smallest absolute Gasteiger partial charge is 0.214 e. The Morgan fingerprint density at radius 1 is 1.50 bits per heavy atom. The standard InChI is InChI=1S/C14H21N3O3/c1-16-5-3-14(20-2,4-6-16)10-17(11-18)12-7-13(19)9-15-8-12/h7-9,11,19H,3-6,10H2,1-2H3. The number of anilines is 1. The monoisotopic (exact) mass is 279 g/mol. The highest BCUT2D eigenvalue weighted by Crippen LogP contribution is 2.28. The zero-order valence-electron chi connectivity index (χ0n) is 12.0. The molecule has 1 fully saturated rings. The zero-order chi connectivity index (χ0) is 14.6. The van der Waals surface area contributed by atoms with Crippen LogP contribution in [0.15, 0.2) is 18.5 Å². The molecule has 110 valence electrons. The molecular formula is C14H21N3O3. The van der Waals surface area contributed by atoms with Crippen molar-refractivity contribution in [2.45, 2.75) is 18.4 Å². The Bertz CT molecular complexity index is 459. The van der Waals surface area contributed by atoms with E-state index in [1.54, 1.807) is 18.2 Å². The molecule has 0 aromatic carbocycles. The molecule has 0 aliphatic carbocycles. The maximum Gasteiger partial charge on any atom is 0.214 e. The molecule has 0 atom stereocenters. The van der Waals surface area contributed by atoms with Gasteiger partial charge in [0.2, 0.25) is 6.41 Å². The normalized spacial score (nSPS) is 18.7. The van der Waals surface area contributed by atoms with E-state index in [1.165, 1.54) is 12.3 Å². The summed E-state index contributed by atoms with van der Waals surface area (Å²) in [6, 6.07) is 1.53. The van der Waals surface area contributed by atoms with E-state index >= 15 is 0 Å². The number of amides is 1. The van der Waals surface area contributed by atoms with Gasteiger partial charge in [0.25, 0.3) is 0 Å². The maximum atomic E-state index is 11.4. The summed E-state index contributed by atoms with van der Waals surface area (Å²) in [5, 5.41) is 9.48. The van der Waals surface area contributed by atoms with E-state index in [0.717, 1.165) is 32.3 Å². The predicted molar refractivity (Wildman–Crippen MR) is 75.8 cm³/mol. The zero-order valence-corrected chi connectivity index (χ0v) is 12.0. The third-order valence-corrected chi connectivity index (χ3v) is 3.96. The first-order chi connectivity index (χ1) is 9.58. The van der Waals surface area contributed by atoms with Crippen molar-refractivity contribution in [3.8, 4) is 5.75 Å². The lowest BCUT2D eigenvalue weighted by Crippen LogP contribution is -2.51. The van der Waals surface area contributed by atoms with Crippen molar-refractivity contribution in [1.82, 2.24) is 9.88 Å². The van der Waals surface area contributed by atoms with Crippen LogP contribution in [0.1, 0.15) is 12.8 Å². The quantitative estimate of drug-likeness (QED) is 0.810. The second kappa shape index (κ2) is 6.19. The van der Waals surface area contributed by atoms with Crippen LogP contribution >= 0.6 is 0 Å². The van der Waals surface area contributed by atoms with E-state index in [0.29, 0.717) is 12.2 Å². The summed E-state index contributed by atoms with van der Waals surface area (Å²) >= 11 is 0. The summed E-state index contributed by atoms with van der Waals surface area (Å²) in [6.07, 6.45) is 5.41. The molecule has 2 heterocycles. The molecule has 1 aliphatic heterocycles. The number of aromatic nitrogens is 1. The van der Waals surface area contributed by atoms with Crippen LogP contribution in [-0.2, 0) is 9.53 Å². The molecule has 1 aromatic rings. The Hall–Kier alpha value is -1.66. The fourth-order valence-electron chi connectivity index (χ4n) is 2.53. The largest absolute Gasteiger partial charge is 0.506 e. The van der Waals surface area contributed by atoms with Crippen molar-refractivity contribution in [3.63, 3.8) is 0 Å². The van der Waals surface area contributed by atoms with Gasteiger partial charge in [0.05, 0.1) is 30.2 Å². The first-order valence-electron chi connectivity index (χ1n) is 6.68. The fraction of sp³-hybridized carbons (Fsp3) is 0.571. The van der Waals surface area contributed by atoms with Crippen LogP contribution in [0, 0.1) is 0 Å². The van der Waals surface area contributed by atoms with Crippen LogP contribution in [-0.4, -0.2) is 60.8 Å². The average molecular weight is 279 g/mol. The summed E-state index contributed by atoms with van der Waals surface area (Å²) in [6.45, 7) is 2.35. The highest BCUT2D eigenvalue weighted by molar-refractivity contribution is 5.75. The average Bonchev–Trinajstić information content (AvgIpc) is 2.47. The molecule has 0 saturated carbocycles. The summed E-state index contributed by atoms with van der Waals surface area (Å²) in [7, 11) is 3.77. The molecule has 6 heteroatoms. The number of pyridine rings is 1. The van der Waals surface area contributed by atoms with Crippen molar-refractivity contribution < 1.29 is 14.6 Å². The number of rotatable bonds is 5. The van der Waals surface area contributed by atoms with E-state index in [-0.39, 0.29) is 11.4 Å². The number of likely N-dealkylation sites (tertiary alicyclic amines) is 1. The van der Waals surface area contributed by atoms with Gasteiger partial charge in [-0.3, -0.25) is 9.78 Å². The van der Waals surface area contributed by atoms with Crippen LogP contribution in [0.4, 0.5) is 5.69 Å². The van der Waals surface area contributed by atoms with E-state index < -0.39 is 0 Å². The summed E-state index contributed by atoms with van der Waals surface area (Å²) < 4.78 is 5.70. The van der Waals surface area contributed by atoms with Gasteiger partial charge in [0.15, 0.2) is 0 Å². The molecule has 1 saturated heterocycles. The van der Waals surface area contributed by atoms with E-state index in [1.807, 2.05) is 0 Å². The number of nitrogens with zero attached hydrogens (tertiary/aromatic N) is 3. The third-order valence-electron chi connectivity index (χ3n) is 3.96. The summed E-state index contributed by atoms with van der Waals surface area (Å²) in [4.78, 5) is 19.1. The highest BCUT2D eigenvalue weighted by Gasteiger charge is 2.35. The Kier molecular flexibility index (Phi) is 4.57. The lowest BCUT2D eigenvalue weighted by molar-refractivity contribution is -0.109. The molecule has 1 aliphatic rings. The highest BCUT2D eigenvalue weighted by atomic mass is 16.5. The van der Waals surface area contributed by atoms with E-state index in [9.17, 15) is 9.90 Å². The lowest BCUT2D eigenvalue weighted by atomic mass is 9.90. The Morgan fingerprint density at radius 3 is 2.75 bits per heavy atom. The van der Waals surface area contributed by atoms with Crippen molar-refractivity contribution in [1.29, 1.82) is 0 Å². The fourth-order valence-corrected chi connectivity index (χ4v) is 2.53. The van der Waals surface area contributed by atoms with Gasteiger partial charge < -0.3 is 19.6 Å². The minimum Gasteiger partial charge on any atom is -0.506 e. The molecule has 0 bridgehead atoms. The number of hydrogen-bond acceptors (Lipinski definition) is 5. The van der Waals surface area contributed by atoms with Crippen LogP contribution < -0.4 is 4.90 Å². The maximum absolute atomic E-state index is 11.4. The minimum absolute atomic E-state index is 0.0456. The molecule has 20 heavy (non-hydrogen) atoms. The SMILES string of the molecule is COC1(CN(C=O)c2cncc(O)c2)CCN(C)CC1. The van der Waals surface area contributed by atoms with Gasteiger partial charge in [-0.05, 0) is 19.9 Å². The van der Waals surface area contributed by atoms with Crippen molar-refractivity contribution in [3.05, 3.63) is 18.5 Å². The van der Waals surface area contributed by atoms with Gasteiger partial charge in [-0.15, -0.1) is 0 Å². The molecule has 6 nitrogen and oxygen atoms in total. The molecule has 2 rings (SSSR count). The van der Waals surface area contributed by atoms with Crippen molar-refractivity contribution in [2.75, 3.05) is 38.7 Å². The number of carbonyl (C=O) groups is 1. The number of piperidine rings is 1. The molecular weight excluding hydrogens is 258 g/mol. The lowest BCUT2D eigenvalue weighted by Gasteiger charge is -2.41. The van der Waals surface area contributed by atoms with Gasteiger partial charge in [-0.2, -0.15) is 0 Å². The van der Waals surface area contributed by atoms with Gasteiger partial charge in [0.1, 0.15) is 5.75 Å². The molecule has 0 unspecified atom stereocenters. The molecule has 1 N–H and O–H groups in total. The number of methoxy groups -OCH3 is 1. The molecule has 1 amide bonds. The molecule has 0 spiro atoms. The predicted octanol–water partition coefficient (Wildman–Crippen LogP) is 0.861. The molecule has 1 aromatic heterocycles. The molecule has 0 radical (unpaired) electrons. The second-order valence-electron chi connectivity index (χ2n) is 5.33. The Labute approximate surface area is 119 Å². The van der Waals surface area contributed by atoms with Crippen molar-refractivity contribution >= 4 is 12.1 Å². The first-order valence-corrected chi connectivity index (χ1v) is 6.68. The number of aromatic hydroxyl groups is 1. The van der Waals surface area contributed by atoms with Crippen molar-refractivity contribution in [2.24, 2.45) is 0 Å². The number of hydrogen-bond donors (Lipinski definition) is 1. The van der Waals surface area contributed by atoms with Crippen LogP contribution in [0.25, 0.3) is 0 Å². The Morgan fingerprint density at radius 2 is 2.20 bits per heavy atom. The third kappa shape index (κ3) is 3.26. The minimum atomic E-state index is -0.334. The van der Waals surface area contributed by atoms with Gasteiger partial charge in [-0.1, -0.05) is 0 Å². The summed E-state index contributed by atoms with van der Waals surface area (Å²) in [5.74, 6) is 0.0456. The number of carbonyl (C=O) groups excluding carboxylic acids is 1. The van der Waals surface area contributed by atoms with E-state index in [4.69, 9.17) is 4.74 Å². The number of ether oxygens (including phenoxy) is 1. The van der Waals surface area contributed by atoms with Crippen LogP contribution in [0.2, 0.25) is 0 Å². The first kappa shape index (κ1) is 14.7. The van der Waals surface area contributed by atoms with Crippen LogP contribution in [0.3, 0.4) is 0 Å². The van der Waals surface area contributed by atoms with Gasteiger partial charge in [-0.25, -0.2) is 0 Å². The second-order valence-corrected chi connectivity index (χ2v) is 5.33. The van der Waals surface area contributed by atoms with Gasteiger partial charge in [0, 0.05) is 26.3 Å². The van der Waals surface area contributed by atoms with Gasteiger partial charge >= 0.3 is 0 Å². The topological polar surface area (TPSA) is 65.9 Å². The summed E-state index contributed by atoms with van der Waals surface area (Å²) in [5.41, 5.74) is 0.245. The van der Waals surface area contributed by atoms with E-state index in [2.05, 4.69) is 16.9 Å². The van der Waals surface area contributed by atoms with Crippen LogP contribution in [0.5, 0.6) is 5.75 Å². The Balaban J connectivity index is 2.14.